The summed E-state index contributed by atoms with van der Waals surface area (Å²) >= 11 is 0. The Labute approximate surface area is 326 Å². The molecule has 4 heterocycles. The smallest absolute Gasteiger partial charge is 0.161 e. The lowest BCUT2D eigenvalue weighted by Gasteiger charge is -2.12. The van der Waals surface area contributed by atoms with Crippen LogP contribution in [-0.2, 0) is 0 Å². The number of hydrogen-bond donors (Lipinski definition) is 0. The largest absolute Gasteiger partial charge is 0.456 e. The van der Waals surface area contributed by atoms with E-state index in [1.165, 1.54) is 10.8 Å². The van der Waals surface area contributed by atoms with Crippen molar-refractivity contribution in [3.05, 3.63) is 188 Å². The minimum absolute atomic E-state index is 0.626. The summed E-state index contributed by atoms with van der Waals surface area (Å²) in [5, 5.41) is 6.58. The zero-order valence-electron chi connectivity index (χ0n) is 30.6. The highest BCUT2D eigenvalue weighted by atomic mass is 16.3. The molecular formula is C52H31N3O2. The molecule has 5 heteroatoms. The molecule has 0 radical (unpaired) electrons. The molecule has 0 unspecified atom stereocenters. The van der Waals surface area contributed by atoms with Crippen LogP contribution in [0.15, 0.2) is 197 Å². The number of nitrogens with zero attached hydrogens (tertiary/aromatic N) is 3. The number of para-hydroxylation sites is 5. The first-order valence-electron chi connectivity index (χ1n) is 19.2. The Hall–Kier alpha value is -7.76. The fourth-order valence-corrected chi connectivity index (χ4v) is 8.69. The molecule has 266 valence electrons. The molecular weight excluding hydrogens is 699 g/mol. The predicted octanol–water partition coefficient (Wildman–Crippen LogP) is 14.0. The zero-order chi connectivity index (χ0) is 37.5. The first-order chi connectivity index (χ1) is 28.3. The van der Waals surface area contributed by atoms with Gasteiger partial charge in [-0.1, -0.05) is 140 Å². The lowest BCUT2D eigenvalue weighted by Crippen LogP contribution is -1.96. The van der Waals surface area contributed by atoms with Crippen molar-refractivity contribution in [3.63, 3.8) is 0 Å². The molecule has 12 rings (SSSR count). The molecule has 0 atom stereocenters. The van der Waals surface area contributed by atoms with E-state index in [-0.39, 0.29) is 0 Å². The third-order valence-electron chi connectivity index (χ3n) is 11.2. The van der Waals surface area contributed by atoms with Gasteiger partial charge in [0.15, 0.2) is 5.82 Å². The molecule has 0 amide bonds. The summed E-state index contributed by atoms with van der Waals surface area (Å²) in [6, 6.07) is 65.3. The molecule has 0 aliphatic rings. The number of aromatic nitrogens is 3. The Balaban J connectivity index is 1.09. The van der Waals surface area contributed by atoms with E-state index in [2.05, 4.69) is 144 Å². The van der Waals surface area contributed by atoms with Crippen LogP contribution in [0.4, 0.5) is 0 Å². The molecule has 12 aromatic rings. The van der Waals surface area contributed by atoms with E-state index >= 15 is 0 Å². The third kappa shape index (κ3) is 4.89. The van der Waals surface area contributed by atoms with Gasteiger partial charge in [-0.15, -0.1) is 0 Å². The lowest BCUT2D eigenvalue weighted by molar-refractivity contribution is 0.669. The van der Waals surface area contributed by atoms with E-state index in [1.54, 1.807) is 0 Å². The van der Waals surface area contributed by atoms with Gasteiger partial charge in [-0.25, -0.2) is 9.97 Å². The van der Waals surface area contributed by atoms with Gasteiger partial charge >= 0.3 is 0 Å². The maximum Gasteiger partial charge on any atom is 0.161 e. The van der Waals surface area contributed by atoms with Crippen molar-refractivity contribution in [3.8, 4) is 50.7 Å². The normalized spacial score (nSPS) is 11.9. The van der Waals surface area contributed by atoms with Crippen LogP contribution in [0.5, 0.6) is 0 Å². The number of hydrogen-bond acceptors (Lipinski definition) is 4. The van der Waals surface area contributed by atoms with Crippen LogP contribution >= 0.6 is 0 Å². The zero-order valence-corrected chi connectivity index (χ0v) is 30.6. The van der Waals surface area contributed by atoms with Gasteiger partial charge in [-0.05, 0) is 48.5 Å². The van der Waals surface area contributed by atoms with Crippen LogP contribution in [0.1, 0.15) is 0 Å². The topological polar surface area (TPSA) is 57.0 Å². The summed E-state index contributed by atoms with van der Waals surface area (Å²) < 4.78 is 15.6. The molecule has 0 fully saturated rings. The second-order valence-corrected chi connectivity index (χ2v) is 14.5. The number of benzene rings is 8. The van der Waals surface area contributed by atoms with E-state index in [9.17, 15) is 0 Å². The predicted molar refractivity (Wildman–Crippen MR) is 233 cm³/mol. The molecule has 0 saturated heterocycles. The van der Waals surface area contributed by atoms with Crippen molar-refractivity contribution in [1.29, 1.82) is 0 Å². The van der Waals surface area contributed by atoms with Gasteiger partial charge in [0, 0.05) is 65.8 Å². The Kier molecular flexibility index (Phi) is 6.86. The van der Waals surface area contributed by atoms with E-state index in [4.69, 9.17) is 18.8 Å². The molecule has 0 aliphatic heterocycles. The Morgan fingerprint density at radius 2 is 1.02 bits per heavy atom. The molecule has 0 spiro atoms. The van der Waals surface area contributed by atoms with Crippen molar-refractivity contribution in [2.75, 3.05) is 0 Å². The molecule has 57 heavy (non-hydrogen) atoms. The summed E-state index contributed by atoms with van der Waals surface area (Å²) in [6.45, 7) is 0. The van der Waals surface area contributed by atoms with Gasteiger partial charge < -0.3 is 13.4 Å². The van der Waals surface area contributed by atoms with Crippen LogP contribution in [0, 0.1) is 0 Å². The number of fused-ring (bicyclic) bond motifs is 9. The molecule has 0 aliphatic carbocycles. The fraction of sp³-hybridized carbons (Fsp3) is 0. The van der Waals surface area contributed by atoms with Crippen LogP contribution in [-0.4, -0.2) is 14.5 Å². The Bertz CT molecular complexity index is 3520. The lowest BCUT2D eigenvalue weighted by atomic mass is 9.98. The van der Waals surface area contributed by atoms with Crippen molar-refractivity contribution in [2.24, 2.45) is 0 Å². The van der Waals surface area contributed by atoms with Gasteiger partial charge in [0.1, 0.15) is 22.3 Å². The van der Waals surface area contributed by atoms with E-state index in [0.717, 1.165) is 99.8 Å². The van der Waals surface area contributed by atoms with Crippen LogP contribution in [0.25, 0.3) is 116 Å². The molecule has 0 N–H and O–H groups in total. The van der Waals surface area contributed by atoms with Gasteiger partial charge in [0.25, 0.3) is 0 Å². The second-order valence-electron chi connectivity index (χ2n) is 14.5. The average molecular weight is 730 g/mol. The molecule has 5 nitrogen and oxygen atoms in total. The molecule has 0 saturated carbocycles. The summed E-state index contributed by atoms with van der Waals surface area (Å²) in [4.78, 5) is 10.5. The third-order valence-corrected chi connectivity index (χ3v) is 11.2. The van der Waals surface area contributed by atoms with Gasteiger partial charge in [0.05, 0.1) is 22.4 Å². The van der Waals surface area contributed by atoms with Crippen molar-refractivity contribution < 1.29 is 8.83 Å². The highest BCUT2D eigenvalue weighted by Gasteiger charge is 2.22. The summed E-state index contributed by atoms with van der Waals surface area (Å²) in [7, 11) is 0. The number of rotatable bonds is 5. The van der Waals surface area contributed by atoms with Crippen LogP contribution in [0.3, 0.4) is 0 Å². The minimum Gasteiger partial charge on any atom is -0.456 e. The van der Waals surface area contributed by atoms with Crippen molar-refractivity contribution in [2.45, 2.75) is 0 Å². The maximum atomic E-state index is 6.90. The van der Waals surface area contributed by atoms with E-state index < -0.39 is 0 Å². The Morgan fingerprint density at radius 1 is 0.386 bits per heavy atom. The van der Waals surface area contributed by atoms with E-state index in [1.807, 2.05) is 48.5 Å². The molecule has 4 aromatic heterocycles. The first kappa shape index (κ1) is 31.6. The van der Waals surface area contributed by atoms with Gasteiger partial charge in [-0.2, -0.15) is 0 Å². The first-order valence-corrected chi connectivity index (χ1v) is 19.2. The number of furan rings is 2. The van der Waals surface area contributed by atoms with Crippen molar-refractivity contribution >= 4 is 65.7 Å². The minimum atomic E-state index is 0.626. The SMILES string of the molecule is c1ccc(-c2cc(-c3ccc4c(c3)oc3ccccc34)nc(-c3cccc4oc5c(-c6cccc7c8ccccc8n(-c8ccccc8)c67)cccc5c34)n2)cc1. The highest BCUT2D eigenvalue weighted by Crippen LogP contribution is 2.44. The Morgan fingerprint density at radius 3 is 1.88 bits per heavy atom. The summed E-state index contributed by atoms with van der Waals surface area (Å²) in [5.41, 5.74) is 13.4. The standard InChI is InChI=1S/C52H31N3O2/c1-3-14-32(15-4-1)43-31-44(33-28-29-37-36-19-8-10-26-46(36)56-48(37)30-33)54-52(53-43)42-24-13-27-47-49(42)41-23-12-22-40(51(41)57-47)39-21-11-20-38-35-18-7-9-25-45(35)55(50(38)39)34-16-5-2-6-17-34/h1-31H. The highest BCUT2D eigenvalue weighted by molar-refractivity contribution is 6.19. The summed E-state index contributed by atoms with van der Waals surface area (Å²) in [5.74, 6) is 0.626. The van der Waals surface area contributed by atoms with Gasteiger partial charge in [-0.3, -0.25) is 0 Å². The summed E-state index contributed by atoms with van der Waals surface area (Å²) in [6.07, 6.45) is 0. The van der Waals surface area contributed by atoms with E-state index in [0.29, 0.717) is 5.82 Å². The monoisotopic (exact) mass is 729 g/mol. The van der Waals surface area contributed by atoms with Crippen LogP contribution < -0.4 is 0 Å². The molecule has 0 bridgehead atoms. The maximum absolute atomic E-state index is 6.90. The van der Waals surface area contributed by atoms with Crippen LogP contribution in [0.2, 0.25) is 0 Å². The quantitative estimate of drug-likeness (QED) is 0.177. The van der Waals surface area contributed by atoms with Crippen molar-refractivity contribution in [1.82, 2.24) is 14.5 Å². The second kappa shape index (κ2) is 12.4. The van der Waals surface area contributed by atoms with Gasteiger partial charge in [0.2, 0.25) is 0 Å². The fourth-order valence-electron chi connectivity index (χ4n) is 8.69. The molecule has 8 aromatic carbocycles. The average Bonchev–Trinajstić information content (AvgIpc) is 3.96.